The number of rotatable bonds is 0. The zero-order valence-electron chi connectivity index (χ0n) is 9.50. The largest absolute Gasteiger partial charge is 0.155 e. The summed E-state index contributed by atoms with van der Waals surface area (Å²) in [7, 11) is 0. The Kier molecular flexibility index (Phi) is 2.22. The number of nitrogens with zero attached hydrogens (tertiary/aromatic N) is 3. The van der Waals surface area contributed by atoms with E-state index in [9.17, 15) is 0 Å². The van der Waals surface area contributed by atoms with Crippen LogP contribution in [-0.4, -0.2) is 9.90 Å². The fourth-order valence-electron chi connectivity index (χ4n) is 1.01. The highest BCUT2D eigenvalue weighted by Crippen LogP contribution is 2.10. The molecule has 0 saturated heterocycles. The first-order valence-corrected chi connectivity index (χ1v) is 4.70. The number of aromatic nitrogens is 3. The van der Waals surface area contributed by atoms with Crippen LogP contribution in [0.5, 0.6) is 0 Å². The fourth-order valence-corrected chi connectivity index (χ4v) is 1.01. The van der Waals surface area contributed by atoms with Crippen molar-refractivity contribution in [3.05, 3.63) is 12.4 Å². The highest BCUT2D eigenvalue weighted by molar-refractivity contribution is 4.72. The second kappa shape index (κ2) is 2.82. The van der Waals surface area contributed by atoms with Crippen LogP contribution in [0.4, 0.5) is 0 Å². The Hall–Kier alpha value is -0.860. The summed E-state index contributed by atoms with van der Waals surface area (Å²) in [6.07, 6.45) is 4.04. The Morgan fingerprint density at radius 2 is 1.62 bits per heavy atom. The summed E-state index contributed by atoms with van der Waals surface area (Å²) in [6.45, 7) is 12.9. The molecule has 1 heterocycles. The predicted octanol–water partition coefficient (Wildman–Crippen LogP) is 1.68. The molecular formula is C10H20N3+. The molecule has 0 bridgehead atoms. The van der Waals surface area contributed by atoms with E-state index in [0.29, 0.717) is 0 Å². The lowest BCUT2D eigenvalue weighted by atomic mass is 10.1. The summed E-state index contributed by atoms with van der Waals surface area (Å²) in [5.74, 6) is 0. The minimum absolute atomic E-state index is 0.0660. The van der Waals surface area contributed by atoms with Crippen molar-refractivity contribution in [3.63, 3.8) is 0 Å². The first kappa shape index (κ1) is 10.2. The topological polar surface area (TPSA) is 21.7 Å². The van der Waals surface area contributed by atoms with E-state index in [-0.39, 0.29) is 11.1 Å². The van der Waals surface area contributed by atoms with Crippen molar-refractivity contribution in [1.82, 2.24) is 9.90 Å². The maximum atomic E-state index is 4.49. The average Bonchev–Trinajstić information content (AvgIpc) is 2.28. The maximum absolute atomic E-state index is 4.49. The lowest BCUT2D eigenvalue weighted by molar-refractivity contribution is -0.807. The molecule has 13 heavy (non-hydrogen) atoms. The minimum atomic E-state index is 0.0660. The number of hydrogen-bond donors (Lipinski definition) is 0. The van der Waals surface area contributed by atoms with E-state index >= 15 is 0 Å². The zero-order chi connectivity index (χ0) is 10.3. The Morgan fingerprint density at radius 1 is 1.08 bits per heavy atom. The van der Waals surface area contributed by atoms with Crippen LogP contribution in [0, 0.1) is 0 Å². The second-order valence-electron chi connectivity index (χ2n) is 5.42. The van der Waals surface area contributed by atoms with Gasteiger partial charge < -0.3 is 0 Å². The summed E-state index contributed by atoms with van der Waals surface area (Å²) in [5, 5.41) is 4.49. The van der Waals surface area contributed by atoms with E-state index in [1.165, 1.54) is 0 Å². The van der Waals surface area contributed by atoms with E-state index in [1.807, 2.05) is 21.8 Å². The predicted molar refractivity (Wildman–Crippen MR) is 52.4 cm³/mol. The molecule has 1 aromatic rings. The average molecular weight is 182 g/mol. The Labute approximate surface area is 80.4 Å². The van der Waals surface area contributed by atoms with Crippen molar-refractivity contribution in [2.75, 3.05) is 0 Å². The van der Waals surface area contributed by atoms with Crippen LogP contribution in [0.1, 0.15) is 41.5 Å². The molecule has 0 amide bonds. The molecule has 0 aliphatic carbocycles. The molecule has 0 unspecified atom stereocenters. The molecule has 0 radical (unpaired) electrons. The second-order valence-corrected chi connectivity index (χ2v) is 5.42. The van der Waals surface area contributed by atoms with Crippen molar-refractivity contribution >= 4 is 0 Å². The van der Waals surface area contributed by atoms with Gasteiger partial charge >= 0.3 is 0 Å². The van der Waals surface area contributed by atoms with Gasteiger partial charge in [-0.15, -0.1) is 9.36 Å². The minimum Gasteiger partial charge on any atom is -0.132 e. The van der Waals surface area contributed by atoms with Gasteiger partial charge in [-0.05, 0) is 41.5 Å². The van der Waals surface area contributed by atoms with Gasteiger partial charge in [0.1, 0.15) is 11.1 Å². The summed E-state index contributed by atoms with van der Waals surface area (Å²) >= 11 is 0. The van der Waals surface area contributed by atoms with Crippen LogP contribution < -0.4 is 4.68 Å². The molecule has 0 fully saturated rings. The summed E-state index contributed by atoms with van der Waals surface area (Å²) in [5.41, 5.74) is 0.132. The highest BCUT2D eigenvalue weighted by atomic mass is 15.5. The quantitative estimate of drug-likeness (QED) is 0.559. The van der Waals surface area contributed by atoms with Gasteiger partial charge in [0.25, 0.3) is 0 Å². The van der Waals surface area contributed by atoms with Crippen molar-refractivity contribution in [3.8, 4) is 0 Å². The normalized spacial score (nSPS) is 13.4. The van der Waals surface area contributed by atoms with Crippen molar-refractivity contribution < 1.29 is 4.68 Å². The molecular weight excluding hydrogens is 162 g/mol. The molecule has 3 nitrogen and oxygen atoms in total. The summed E-state index contributed by atoms with van der Waals surface area (Å²) in [6, 6.07) is 0. The van der Waals surface area contributed by atoms with Gasteiger partial charge in [0.05, 0.1) is 5.21 Å². The third-order valence-electron chi connectivity index (χ3n) is 1.92. The van der Waals surface area contributed by atoms with Crippen LogP contribution >= 0.6 is 0 Å². The van der Waals surface area contributed by atoms with Gasteiger partial charge in [-0.2, -0.15) is 0 Å². The van der Waals surface area contributed by atoms with Gasteiger partial charge in [0.2, 0.25) is 0 Å². The van der Waals surface area contributed by atoms with Crippen molar-refractivity contribution in [2.45, 2.75) is 52.6 Å². The SMILES string of the molecule is CC(C)(C)n1cc[n+](C(C)(C)C)n1. The van der Waals surface area contributed by atoms with Crippen molar-refractivity contribution in [2.24, 2.45) is 0 Å². The maximum Gasteiger partial charge on any atom is 0.155 e. The molecule has 0 saturated carbocycles. The van der Waals surface area contributed by atoms with E-state index in [4.69, 9.17) is 0 Å². The molecule has 1 aromatic heterocycles. The van der Waals surface area contributed by atoms with Crippen LogP contribution in [0.15, 0.2) is 12.4 Å². The molecule has 74 valence electrons. The van der Waals surface area contributed by atoms with Crippen LogP contribution in [0.2, 0.25) is 0 Å². The number of hydrogen-bond acceptors (Lipinski definition) is 1. The Bertz CT molecular complexity index is 257. The van der Waals surface area contributed by atoms with Crippen LogP contribution in [0.25, 0.3) is 0 Å². The molecule has 1 rings (SSSR count). The lowest BCUT2D eigenvalue weighted by Gasteiger charge is -2.13. The van der Waals surface area contributed by atoms with Gasteiger partial charge in [-0.25, -0.2) is 0 Å². The molecule has 0 aliphatic heterocycles. The molecule has 0 N–H and O–H groups in total. The third kappa shape index (κ3) is 2.29. The van der Waals surface area contributed by atoms with E-state index in [2.05, 4.69) is 46.8 Å². The molecule has 0 aliphatic rings. The van der Waals surface area contributed by atoms with Crippen molar-refractivity contribution in [1.29, 1.82) is 0 Å². The molecule has 0 spiro atoms. The van der Waals surface area contributed by atoms with E-state index in [1.54, 1.807) is 0 Å². The summed E-state index contributed by atoms with van der Waals surface area (Å²) in [4.78, 5) is 0. The monoisotopic (exact) mass is 182 g/mol. The third-order valence-corrected chi connectivity index (χ3v) is 1.92. The van der Waals surface area contributed by atoms with E-state index in [0.717, 1.165) is 0 Å². The Balaban J connectivity index is 3.01. The standard InChI is InChI=1S/C10H20N3/c1-9(2,3)12-7-8-13(11-12)10(4,5)6/h7-8H,1-6H3/q+1. The highest BCUT2D eigenvalue weighted by Gasteiger charge is 2.26. The Morgan fingerprint density at radius 3 is 1.85 bits per heavy atom. The molecule has 0 atom stereocenters. The van der Waals surface area contributed by atoms with Crippen LogP contribution in [0.3, 0.4) is 0 Å². The first-order valence-electron chi connectivity index (χ1n) is 4.70. The summed E-state index contributed by atoms with van der Waals surface area (Å²) < 4.78 is 3.97. The fraction of sp³-hybridized carbons (Fsp3) is 0.800. The first-order chi connectivity index (χ1) is 5.71. The van der Waals surface area contributed by atoms with Crippen LogP contribution in [-0.2, 0) is 11.1 Å². The lowest BCUT2D eigenvalue weighted by Crippen LogP contribution is -2.52. The smallest absolute Gasteiger partial charge is 0.132 e. The molecule has 0 aromatic carbocycles. The van der Waals surface area contributed by atoms with Gasteiger partial charge in [0.15, 0.2) is 12.4 Å². The molecule has 3 heteroatoms. The van der Waals surface area contributed by atoms with Gasteiger partial charge in [-0.1, -0.05) is 0 Å². The van der Waals surface area contributed by atoms with Gasteiger partial charge in [-0.3, -0.25) is 0 Å². The van der Waals surface area contributed by atoms with Gasteiger partial charge in [0, 0.05) is 0 Å². The zero-order valence-corrected chi connectivity index (χ0v) is 9.50. The van der Waals surface area contributed by atoms with E-state index < -0.39 is 0 Å².